The van der Waals surface area contributed by atoms with Crippen molar-refractivity contribution < 1.29 is 14.5 Å². The first-order valence-electron chi connectivity index (χ1n) is 8.41. The minimum atomic E-state index is -0.468. The summed E-state index contributed by atoms with van der Waals surface area (Å²) in [5, 5.41) is 14.5. The number of amides is 1. The molecule has 3 rings (SSSR count). The number of rotatable bonds is 6. The largest absolute Gasteiger partial charge is 0.447 e. The number of benzene rings is 1. The quantitative estimate of drug-likeness (QED) is 0.484. The molecule has 2 fully saturated rings. The van der Waals surface area contributed by atoms with Crippen molar-refractivity contribution in [2.75, 3.05) is 43.0 Å². The first kappa shape index (κ1) is 17.2. The van der Waals surface area contributed by atoms with Crippen molar-refractivity contribution in [3.8, 4) is 0 Å². The summed E-state index contributed by atoms with van der Waals surface area (Å²) in [7, 11) is 0. The Morgan fingerprint density at radius 2 is 2.12 bits per heavy atom. The number of likely N-dealkylation sites (tertiary alicyclic amines) is 1. The molecule has 0 bridgehead atoms. The molecule has 0 atom stereocenters. The van der Waals surface area contributed by atoms with Crippen LogP contribution in [-0.2, 0) is 4.74 Å². The minimum Gasteiger partial charge on any atom is -0.447 e. The molecular weight excluding hydrogens is 324 g/mol. The van der Waals surface area contributed by atoms with Gasteiger partial charge < -0.3 is 10.1 Å². The predicted molar refractivity (Wildman–Crippen MR) is 95.1 cm³/mol. The summed E-state index contributed by atoms with van der Waals surface area (Å²) >= 11 is 0. The van der Waals surface area contributed by atoms with E-state index in [1.54, 1.807) is 6.07 Å². The number of hydrogen-bond donors (Lipinski definition) is 1. The van der Waals surface area contributed by atoms with Crippen molar-refractivity contribution in [3.05, 3.63) is 41.0 Å². The van der Waals surface area contributed by atoms with Crippen LogP contribution >= 0.6 is 0 Å². The normalized spacial score (nSPS) is 18.9. The van der Waals surface area contributed by atoms with Crippen LogP contribution in [0.2, 0.25) is 0 Å². The molecule has 2 aliphatic rings. The second-order valence-corrected chi connectivity index (χ2v) is 6.23. The summed E-state index contributed by atoms with van der Waals surface area (Å²) in [6, 6.07) is 4.83. The Kier molecular flexibility index (Phi) is 5.18. The fraction of sp³-hybridized carbons (Fsp3) is 0.471. The number of nitrogens with one attached hydrogen (secondary N) is 1. The highest BCUT2D eigenvalue weighted by atomic mass is 16.6. The number of nitrogens with zero attached hydrogens (tertiary/aromatic N) is 3. The summed E-state index contributed by atoms with van der Waals surface area (Å²) < 4.78 is 4.98. The molecule has 1 N–H and O–H groups in total. The van der Waals surface area contributed by atoms with Gasteiger partial charge in [0.05, 0.1) is 22.8 Å². The molecule has 8 heteroatoms. The summed E-state index contributed by atoms with van der Waals surface area (Å²) in [5.41, 5.74) is 1.19. The molecule has 0 unspecified atom stereocenters. The smallest absolute Gasteiger partial charge is 0.414 e. The van der Waals surface area contributed by atoms with Crippen LogP contribution in [0.4, 0.5) is 21.9 Å². The molecule has 0 saturated carbocycles. The van der Waals surface area contributed by atoms with Crippen molar-refractivity contribution in [2.45, 2.75) is 18.9 Å². The number of nitro groups is 1. The number of nitro benzene ring substituents is 1. The van der Waals surface area contributed by atoms with Crippen LogP contribution in [0.3, 0.4) is 0 Å². The standard InChI is InChI=1S/C17H22N4O4/c1-2-7-19-8-5-13(6-9-19)18-15-4-3-14(21(23)24)12-16(15)20-10-11-25-17(20)22/h2-4,12-13,18H,1,5-11H2. The second kappa shape index (κ2) is 7.52. The van der Waals surface area contributed by atoms with E-state index in [4.69, 9.17) is 4.74 Å². The number of carbonyl (C=O) groups is 1. The lowest BCUT2D eigenvalue weighted by atomic mass is 10.0. The SMILES string of the molecule is C=CCN1CCC(Nc2ccc([N+](=O)[O-])cc2N2CCOC2=O)CC1. The van der Waals surface area contributed by atoms with Crippen LogP contribution in [0.25, 0.3) is 0 Å². The molecule has 0 spiro atoms. The molecule has 2 saturated heterocycles. The predicted octanol–water partition coefficient (Wildman–Crippen LogP) is 2.61. The van der Waals surface area contributed by atoms with Gasteiger partial charge in [-0.3, -0.25) is 19.9 Å². The topological polar surface area (TPSA) is 87.9 Å². The van der Waals surface area contributed by atoms with Crippen LogP contribution in [0.5, 0.6) is 0 Å². The van der Waals surface area contributed by atoms with E-state index >= 15 is 0 Å². The summed E-state index contributed by atoms with van der Waals surface area (Å²) in [6.07, 6.45) is 3.37. The van der Waals surface area contributed by atoms with E-state index in [1.807, 2.05) is 6.08 Å². The van der Waals surface area contributed by atoms with E-state index in [9.17, 15) is 14.9 Å². The summed E-state index contributed by atoms with van der Waals surface area (Å²) in [5.74, 6) is 0. The van der Waals surface area contributed by atoms with E-state index in [1.165, 1.54) is 17.0 Å². The maximum Gasteiger partial charge on any atom is 0.414 e. The van der Waals surface area contributed by atoms with E-state index in [0.29, 0.717) is 18.8 Å². The van der Waals surface area contributed by atoms with Gasteiger partial charge in [0.15, 0.2) is 0 Å². The van der Waals surface area contributed by atoms with Crippen LogP contribution < -0.4 is 10.2 Å². The van der Waals surface area contributed by atoms with Crippen LogP contribution in [0.15, 0.2) is 30.9 Å². The van der Waals surface area contributed by atoms with Crippen LogP contribution in [0.1, 0.15) is 12.8 Å². The van der Waals surface area contributed by atoms with Crippen molar-refractivity contribution in [1.29, 1.82) is 0 Å². The van der Waals surface area contributed by atoms with Crippen molar-refractivity contribution >= 4 is 23.2 Å². The van der Waals surface area contributed by atoms with Crippen LogP contribution in [0, 0.1) is 10.1 Å². The molecule has 134 valence electrons. The summed E-state index contributed by atoms with van der Waals surface area (Å²) in [4.78, 5) is 26.3. The third-order valence-corrected chi connectivity index (χ3v) is 4.58. The lowest BCUT2D eigenvalue weighted by molar-refractivity contribution is -0.384. The molecule has 0 aromatic heterocycles. The lowest BCUT2D eigenvalue weighted by Gasteiger charge is -2.32. The lowest BCUT2D eigenvalue weighted by Crippen LogP contribution is -2.39. The maximum absolute atomic E-state index is 11.9. The van der Waals surface area contributed by atoms with Gasteiger partial charge in [0.2, 0.25) is 0 Å². The Morgan fingerprint density at radius 1 is 1.36 bits per heavy atom. The fourth-order valence-corrected chi connectivity index (χ4v) is 3.25. The van der Waals surface area contributed by atoms with Crippen molar-refractivity contribution in [3.63, 3.8) is 0 Å². The van der Waals surface area contributed by atoms with E-state index in [-0.39, 0.29) is 11.7 Å². The number of hydrogen-bond acceptors (Lipinski definition) is 6. The monoisotopic (exact) mass is 346 g/mol. The first-order valence-corrected chi connectivity index (χ1v) is 8.41. The minimum absolute atomic E-state index is 0.0407. The Hall–Kier alpha value is -2.61. The molecule has 0 aliphatic carbocycles. The zero-order chi connectivity index (χ0) is 17.8. The van der Waals surface area contributed by atoms with Gasteiger partial charge in [-0.05, 0) is 18.9 Å². The molecule has 1 amide bonds. The Morgan fingerprint density at radius 3 is 2.72 bits per heavy atom. The highest BCUT2D eigenvalue weighted by molar-refractivity contribution is 5.94. The average Bonchev–Trinajstić information content (AvgIpc) is 3.03. The number of piperidine rings is 1. The zero-order valence-corrected chi connectivity index (χ0v) is 14.0. The molecule has 2 heterocycles. The third-order valence-electron chi connectivity index (χ3n) is 4.58. The number of cyclic esters (lactones) is 1. The number of non-ortho nitro benzene ring substituents is 1. The Labute approximate surface area is 146 Å². The number of anilines is 2. The second-order valence-electron chi connectivity index (χ2n) is 6.23. The van der Waals surface area contributed by atoms with Crippen molar-refractivity contribution in [1.82, 2.24) is 4.90 Å². The van der Waals surface area contributed by atoms with Gasteiger partial charge in [0.25, 0.3) is 5.69 Å². The number of carbonyl (C=O) groups excluding carboxylic acids is 1. The first-order chi connectivity index (χ1) is 12.1. The van der Waals surface area contributed by atoms with Gasteiger partial charge in [0, 0.05) is 37.8 Å². The van der Waals surface area contributed by atoms with Gasteiger partial charge in [-0.1, -0.05) is 6.08 Å². The third kappa shape index (κ3) is 3.90. The summed E-state index contributed by atoms with van der Waals surface area (Å²) in [6.45, 7) is 7.28. The zero-order valence-electron chi connectivity index (χ0n) is 14.0. The fourth-order valence-electron chi connectivity index (χ4n) is 3.25. The molecular formula is C17H22N4O4. The van der Waals surface area contributed by atoms with Gasteiger partial charge in [-0.25, -0.2) is 4.79 Å². The molecule has 1 aromatic rings. The molecule has 0 radical (unpaired) electrons. The average molecular weight is 346 g/mol. The van der Waals surface area contributed by atoms with Gasteiger partial charge in [0.1, 0.15) is 6.61 Å². The van der Waals surface area contributed by atoms with E-state index < -0.39 is 11.0 Å². The molecule has 25 heavy (non-hydrogen) atoms. The Balaban J connectivity index is 1.77. The van der Waals surface area contributed by atoms with E-state index in [2.05, 4.69) is 16.8 Å². The molecule has 2 aliphatic heterocycles. The van der Waals surface area contributed by atoms with Gasteiger partial charge in [-0.15, -0.1) is 6.58 Å². The molecule has 1 aromatic carbocycles. The molecule has 8 nitrogen and oxygen atoms in total. The van der Waals surface area contributed by atoms with Crippen molar-refractivity contribution in [2.24, 2.45) is 0 Å². The van der Waals surface area contributed by atoms with Crippen LogP contribution in [-0.4, -0.2) is 54.7 Å². The van der Waals surface area contributed by atoms with Gasteiger partial charge >= 0.3 is 6.09 Å². The van der Waals surface area contributed by atoms with E-state index in [0.717, 1.165) is 38.2 Å². The maximum atomic E-state index is 11.9. The number of ether oxygens (including phenoxy) is 1. The van der Waals surface area contributed by atoms with Gasteiger partial charge in [-0.2, -0.15) is 0 Å². The Bertz CT molecular complexity index is 671. The highest BCUT2D eigenvalue weighted by Gasteiger charge is 2.28. The highest BCUT2D eigenvalue weighted by Crippen LogP contribution is 2.33.